The van der Waals surface area contributed by atoms with E-state index >= 15 is 0 Å². The Morgan fingerprint density at radius 2 is 2.17 bits per heavy atom. The first-order valence-corrected chi connectivity index (χ1v) is 5.40. The topological polar surface area (TPSA) is 26.0 Å². The highest BCUT2D eigenvalue weighted by Crippen LogP contribution is 2.38. The monoisotopic (exact) mass is 259 g/mol. The van der Waals surface area contributed by atoms with Gasteiger partial charge in [0.1, 0.15) is 0 Å². The maximum atomic E-state index is 5.66. The summed E-state index contributed by atoms with van der Waals surface area (Å²) < 4.78 is 2.27. The summed E-state index contributed by atoms with van der Waals surface area (Å²) in [5.41, 5.74) is 6.44. The number of nitrogen functional groups attached to an aromatic ring is 1. The molecule has 0 aliphatic rings. The number of thiol groups is 1. The van der Waals surface area contributed by atoms with Crippen molar-refractivity contribution in [3.63, 3.8) is 0 Å². The Hall–Kier alpha value is -0.190. The summed E-state index contributed by atoms with van der Waals surface area (Å²) in [6.45, 7) is 0. The molecule has 0 aliphatic heterocycles. The predicted molar refractivity (Wildman–Crippen MR) is 61.2 cm³/mol. The molecule has 2 rings (SSSR count). The molecule has 0 saturated carbocycles. The summed E-state index contributed by atoms with van der Waals surface area (Å²) in [7, 11) is 0. The van der Waals surface area contributed by atoms with Gasteiger partial charge in [-0.05, 0) is 34.1 Å². The van der Waals surface area contributed by atoms with E-state index in [1.165, 1.54) is 4.70 Å². The smallest absolute Gasteiger partial charge is 0.0844 e. The van der Waals surface area contributed by atoms with Crippen LogP contribution in [0, 0.1) is 0 Å². The van der Waals surface area contributed by atoms with E-state index in [9.17, 15) is 0 Å². The molecule has 12 heavy (non-hydrogen) atoms. The molecule has 1 heterocycles. The molecule has 1 nitrogen and oxygen atoms in total. The van der Waals surface area contributed by atoms with Crippen LogP contribution in [0.1, 0.15) is 0 Å². The van der Waals surface area contributed by atoms with Gasteiger partial charge in [0, 0.05) is 20.7 Å². The van der Waals surface area contributed by atoms with E-state index in [4.69, 9.17) is 5.73 Å². The average Bonchev–Trinajstić information content (AvgIpc) is 2.31. The van der Waals surface area contributed by atoms with Gasteiger partial charge in [0.15, 0.2) is 0 Å². The van der Waals surface area contributed by atoms with Crippen LogP contribution >= 0.6 is 39.9 Å². The minimum Gasteiger partial charge on any atom is -0.399 e. The molecule has 0 unspecified atom stereocenters. The van der Waals surface area contributed by atoms with E-state index in [1.54, 1.807) is 11.3 Å². The molecule has 2 N–H and O–H groups in total. The third-order valence-corrected chi connectivity index (χ3v) is 4.41. The van der Waals surface area contributed by atoms with Crippen molar-refractivity contribution in [1.82, 2.24) is 0 Å². The van der Waals surface area contributed by atoms with Crippen LogP contribution in [-0.4, -0.2) is 0 Å². The Labute approximate surface area is 88.1 Å². The van der Waals surface area contributed by atoms with Crippen molar-refractivity contribution in [3.8, 4) is 0 Å². The zero-order valence-electron chi connectivity index (χ0n) is 6.04. The highest BCUT2D eigenvalue weighted by atomic mass is 79.9. The molecule has 0 bridgehead atoms. The Balaban J connectivity index is 2.88. The molecule has 0 atom stereocenters. The molecule has 0 radical (unpaired) electrons. The molecule has 0 aliphatic carbocycles. The quantitative estimate of drug-likeness (QED) is 0.550. The number of hydrogen-bond donors (Lipinski definition) is 2. The lowest BCUT2D eigenvalue weighted by Gasteiger charge is -1.92. The second-order valence-corrected chi connectivity index (χ2v) is 5.30. The number of thiophene rings is 1. The highest BCUT2D eigenvalue weighted by Gasteiger charge is 2.05. The Morgan fingerprint density at radius 1 is 1.42 bits per heavy atom. The summed E-state index contributed by atoms with van der Waals surface area (Å²) in [4.78, 5) is 0.974. The SMILES string of the molecule is Nc1ccc2sc(Br)c(S)c2c1. The molecule has 0 amide bonds. The molecule has 1 aromatic heterocycles. The minimum absolute atomic E-state index is 0.781. The molecule has 0 fully saturated rings. The van der Waals surface area contributed by atoms with Crippen LogP contribution in [-0.2, 0) is 0 Å². The molecule has 4 heteroatoms. The maximum absolute atomic E-state index is 5.66. The third kappa shape index (κ3) is 1.24. The fourth-order valence-corrected chi connectivity index (χ4v) is 3.01. The van der Waals surface area contributed by atoms with Gasteiger partial charge in [-0.1, -0.05) is 0 Å². The van der Waals surface area contributed by atoms with Gasteiger partial charge >= 0.3 is 0 Å². The number of fused-ring (bicyclic) bond motifs is 1. The minimum atomic E-state index is 0.781. The molecular weight excluding hydrogens is 254 g/mol. The number of nitrogens with two attached hydrogens (primary N) is 1. The van der Waals surface area contributed by atoms with Gasteiger partial charge < -0.3 is 5.73 Å². The van der Waals surface area contributed by atoms with Crippen LogP contribution in [0.5, 0.6) is 0 Å². The van der Waals surface area contributed by atoms with Crippen molar-refractivity contribution in [2.75, 3.05) is 5.73 Å². The van der Waals surface area contributed by atoms with Crippen LogP contribution in [0.4, 0.5) is 5.69 Å². The van der Waals surface area contributed by atoms with Crippen molar-refractivity contribution in [3.05, 3.63) is 22.0 Å². The molecule has 1 aromatic carbocycles. The zero-order chi connectivity index (χ0) is 8.72. The number of anilines is 1. The summed E-state index contributed by atoms with van der Waals surface area (Å²) in [6, 6.07) is 5.86. The normalized spacial score (nSPS) is 10.8. The standard InChI is InChI=1S/C8H6BrNS2/c9-8-7(11)5-3-4(10)1-2-6(5)12-8/h1-3,11H,10H2. The first kappa shape index (κ1) is 8.41. The Bertz CT molecular complexity index is 436. The lowest BCUT2D eigenvalue weighted by molar-refractivity contribution is 1.63. The fraction of sp³-hybridized carbons (Fsp3) is 0. The van der Waals surface area contributed by atoms with Crippen molar-refractivity contribution >= 4 is 55.7 Å². The van der Waals surface area contributed by atoms with Crippen LogP contribution in [0.3, 0.4) is 0 Å². The van der Waals surface area contributed by atoms with Crippen LogP contribution in [0.25, 0.3) is 10.1 Å². The van der Waals surface area contributed by atoms with Crippen molar-refractivity contribution in [2.45, 2.75) is 4.90 Å². The summed E-state index contributed by atoms with van der Waals surface area (Å²) in [5, 5.41) is 1.12. The molecule has 0 spiro atoms. The zero-order valence-corrected chi connectivity index (χ0v) is 9.34. The predicted octanol–water partition coefficient (Wildman–Crippen LogP) is 3.53. The van der Waals surface area contributed by atoms with E-state index in [0.29, 0.717) is 0 Å². The third-order valence-electron chi connectivity index (χ3n) is 1.64. The second-order valence-electron chi connectivity index (χ2n) is 2.48. The van der Waals surface area contributed by atoms with Gasteiger partial charge in [-0.25, -0.2) is 0 Å². The van der Waals surface area contributed by atoms with Crippen molar-refractivity contribution in [1.29, 1.82) is 0 Å². The maximum Gasteiger partial charge on any atom is 0.0844 e. The summed E-state index contributed by atoms with van der Waals surface area (Å²) >= 11 is 9.48. The highest BCUT2D eigenvalue weighted by molar-refractivity contribution is 9.11. The Morgan fingerprint density at radius 3 is 2.92 bits per heavy atom. The number of benzene rings is 1. The molecule has 0 saturated heterocycles. The van der Waals surface area contributed by atoms with Gasteiger partial charge in [0.2, 0.25) is 0 Å². The van der Waals surface area contributed by atoms with E-state index in [-0.39, 0.29) is 0 Å². The van der Waals surface area contributed by atoms with Gasteiger partial charge in [-0.3, -0.25) is 0 Å². The van der Waals surface area contributed by atoms with E-state index in [0.717, 1.165) is 19.8 Å². The number of hydrogen-bond acceptors (Lipinski definition) is 3. The number of halogens is 1. The fourth-order valence-electron chi connectivity index (χ4n) is 1.07. The lowest BCUT2D eigenvalue weighted by atomic mass is 10.2. The van der Waals surface area contributed by atoms with Crippen molar-refractivity contribution in [2.24, 2.45) is 0 Å². The van der Waals surface area contributed by atoms with E-state index in [1.807, 2.05) is 18.2 Å². The second kappa shape index (κ2) is 2.94. The first-order valence-electron chi connectivity index (χ1n) is 3.35. The van der Waals surface area contributed by atoms with E-state index < -0.39 is 0 Å². The summed E-state index contributed by atoms with van der Waals surface area (Å²) in [6.07, 6.45) is 0. The van der Waals surface area contributed by atoms with Crippen LogP contribution in [0.15, 0.2) is 26.9 Å². The first-order chi connectivity index (χ1) is 5.68. The summed E-state index contributed by atoms with van der Waals surface area (Å²) in [5.74, 6) is 0. The van der Waals surface area contributed by atoms with Gasteiger partial charge in [-0.15, -0.1) is 24.0 Å². The Kier molecular flexibility index (Phi) is 2.06. The van der Waals surface area contributed by atoms with E-state index in [2.05, 4.69) is 28.6 Å². The van der Waals surface area contributed by atoms with Gasteiger partial charge in [-0.2, -0.15) is 0 Å². The van der Waals surface area contributed by atoms with Crippen LogP contribution < -0.4 is 5.73 Å². The lowest BCUT2D eigenvalue weighted by Crippen LogP contribution is -1.81. The van der Waals surface area contributed by atoms with Gasteiger partial charge in [0.25, 0.3) is 0 Å². The molecule has 62 valence electrons. The van der Waals surface area contributed by atoms with Crippen molar-refractivity contribution < 1.29 is 0 Å². The number of rotatable bonds is 0. The van der Waals surface area contributed by atoms with Gasteiger partial charge in [0.05, 0.1) is 3.79 Å². The largest absolute Gasteiger partial charge is 0.399 e. The average molecular weight is 260 g/mol. The molecule has 2 aromatic rings. The molecular formula is C8H6BrNS2. The van der Waals surface area contributed by atoms with Crippen LogP contribution in [0.2, 0.25) is 0 Å².